The van der Waals surface area contributed by atoms with Gasteiger partial charge in [-0.1, -0.05) is 18.2 Å². The lowest BCUT2D eigenvalue weighted by atomic mass is 10.1. The van der Waals surface area contributed by atoms with Crippen molar-refractivity contribution in [2.45, 2.75) is 4.90 Å². The molecular formula is C17H12N2O4S. The number of para-hydroxylation sites is 1. The summed E-state index contributed by atoms with van der Waals surface area (Å²) in [5.74, 6) is -0.323. The predicted molar refractivity (Wildman–Crippen MR) is 91.1 cm³/mol. The van der Waals surface area contributed by atoms with Crippen molar-refractivity contribution in [2.75, 3.05) is 5.32 Å². The summed E-state index contributed by atoms with van der Waals surface area (Å²) >= 11 is 0. The van der Waals surface area contributed by atoms with Crippen LogP contribution in [0.15, 0.2) is 53.4 Å². The number of nitrogens with one attached hydrogen (secondary N) is 2. The van der Waals surface area contributed by atoms with E-state index in [4.69, 9.17) is 0 Å². The van der Waals surface area contributed by atoms with Crippen molar-refractivity contribution in [1.29, 1.82) is 0 Å². The maximum atomic E-state index is 12.2. The second-order valence-electron chi connectivity index (χ2n) is 5.51. The van der Waals surface area contributed by atoms with Crippen molar-refractivity contribution in [3.05, 3.63) is 59.8 Å². The molecule has 2 aromatic carbocycles. The molecule has 0 fully saturated rings. The zero-order valence-electron chi connectivity index (χ0n) is 12.3. The molecule has 4 rings (SSSR count). The van der Waals surface area contributed by atoms with Crippen LogP contribution in [0, 0.1) is 0 Å². The Kier molecular flexibility index (Phi) is 3.09. The molecule has 0 atom stereocenters. The topological polar surface area (TPSA) is 99.3 Å². The van der Waals surface area contributed by atoms with Gasteiger partial charge in [0.05, 0.1) is 10.5 Å². The Morgan fingerprint density at radius 2 is 1.83 bits per heavy atom. The summed E-state index contributed by atoms with van der Waals surface area (Å²) in [6.07, 6.45) is 1.66. The van der Waals surface area contributed by atoms with Crippen LogP contribution in [0.5, 0.6) is 0 Å². The summed E-state index contributed by atoms with van der Waals surface area (Å²) in [5.41, 5.74) is 2.95. The molecule has 0 saturated heterocycles. The van der Waals surface area contributed by atoms with E-state index in [1.54, 1.807) is 6.08 Å². The Labute approximate surface area is 137 Å². The molecule has 0 radical (unpaired) electrons. The minimum Gasteiger partial charge on any atom is -0.355 e. The number of fused-ring (bicyclic) bond motifs is 2. The number of amides is 1. The van der Waals surface area contributed by atoms with Crippen molar-refractivity contribution in [3.63, 3.8) is 0 Å². The summed E-state index contributed by atoms with van der Waals surface area (Å²) in [6, 6.07) is 13.6. The van der Waals surface area contributed by atoms with Crippen molar-refractivity contribution < 1.29 is 17.8 Å². The van der Waals surface area contributed by atoms with Crippen LogP contribution in [0.2, 0.25) is 0 Å². The molecule has 24 heavy (non-hydrogen) atoms. The molecule has 3 N–H and O–H groups in total. The zero-order chi connectivity index (χ0) is 16.9. The van der Waals surface area contributed by atoms with Gasteiger partial charge < -0.3 is 10.3 Å². The molecule has 120 valence electrons. The van der Waals surface area contributed by atoms with Gasteiger partial charge in [-0.05, 0) is 41.8 Å². The highest BCUT2D eigenvalue weighted by Gasteiger charge is 2.26. The largest absolute Gasteiger partial charge is 0.355 e. The second kappa shape index (κ2) is 5.05. The molecule has 1 aromatic heterocycles. The maximum Gasteiger partial charge on any atom is 0.294 e. The smallest absolute Gasteiger partial charge is 0.294 e. The Balaban J connectivity index is 1.86. The fraction of sp³-hybridized carbons (Fsp3) is 0. The molecule has 3 aromatic rings. The lowest BCUT2D eigenvalue weighted by molar-refractivity contribution is -0.110. The highest BCUT2D eigenvalue weighted by molar-refractivity contribution is 7.85. The molecule has 0 bridgehead atoms. The van der Waals surface area contributed by atoms with E-state index in [0.29, 0.717) is 16.8 Å². The van der Waals surface area contributed by atoms with Crippen LogP contribution in [0.4, 0.5) is 5.69 Å². The maximum absolute atomic E-state index is 12.2. The third-order valence-corrected chi connectivity index (χ3v) is 4.77. The Morgan fingerprint density at radius 1 is 1.04 bits per heavy atom. The summed E-state index contributed by atoms with van der Waals surface area (Å²) in [6.45, 7) is 0. The number of hydrogen-bond donors (Lipinski definition) is 3. The Hall–Kier alpha value is -2.90. The molecule has 0 unspecified atom stereocenters. The third-order valence-electron chi connectivity index (χ3n) is 3.92. The van der Waals surface area contributed by atoms with Crippen molar-refractivity contribution in [3.8, 4) is 0 Å². The number of carbonyl (C=O) groups is 1. The van der Waals surface area contributed by atoms with E-state index < -0.39 is 10.1 Å². The van der Waals surface area contributed by atoms with E-state index >= 15 is 0 Å². The van der Waals surface area contributed by atoms with Gasteiger partial charge in [0.15, 0.2) is 0 Å². The van der Waals surface area contributed by atoms with Crippen LogP contribution in [0.25, 0.3) is 22.6 Å². The quantitative estimate of drug-likeness (QED) is 0.493. The summed E-state index contributed by atoms with van der Waals surface area (Å²) in [5, 5.41) is 3.69. The number of rotatable bonds is 2. The van der Waals surface area contributed by atoms with Gasteiger partial charge in [-0.25, -0.2) is 0 Å². The van der Waals surface area contributed by atoms with E-state index in [1.807, 2.05) is 30.3 Å². The first-order chi connectivity index (χ1) is 11.4. The molecule has 0 aliphatic carbocycles. The van der Waals surface area contributed by atoms with E-state index in [1.165, 1.54) is 18.2 Å². The molecule has 0 spiro atoms. The Morgan fingerprint density at radius 3 is 2.58 bits per heavy atom. The van der Waals surface area contributed by atoms with E-state index in [2.05, 4.69) is 10.3 Å². The lowest BCUT2D eigenvalue weighted by Crippen LogP contribution is -2.03. The fourth-order valence-electron chi connectivity index (χ4n) is 2.80. The number of anilines is 1. The molecule has 1 aliphatic rings. The summed E-state index contributed by atoms with van der Waals surface area (Å²) in [4.78, 5) is 15.2. The van der Waals surface area contributed by atoms with Gasteiger partial charge in [-0.3, -0.25) is 9.35 Å². The van der Waals surface area contributed by atoms with Crippen LogP contribution in [-0.2, 0) is 14.9 Å². The normalized spacial score (nSPS) is 15.7. The highest BCUT2D eigenvalue weighted by atomic mass is 32.2. The standard InChI is InChI=1S/C17H12N2O4S/c20-17-14(8-11-7-10-3-1-2-4-15(10)18-11)13-9-12(24(21,22)23)5-6-16(13)19-17/h1-9,18H,(H,19,20)(H,21,22,23)/b14-8-. The number of carbonyl (C=O) groups excluding carboxylic acids is 1. The third kappa shape index (κ3) is 2.40. The molecule has 0 saturated carbocycles. The zero-order valence-corrected chi connectivity index (χ0v) is 13.1. The first kappa shape index (κ1) is 14.7. The minimum absolute atomic E-state index is 0.250. The van der Waals surface area contributed by atoms with Gasteiger partial charge in [0.2, 0.25) is 0 Å². The van der Waals surface area contributed by atoms with Crippen molar-refractivity contribution in [2.24, 2.45) is 0 Å². The lowest BCUT2D eigenvalue weighted by Gasteiger charge is -2.01. The van der Waals surface area contributed by atoms with Crippen molar-refractivity contribution in [1.82, 2.24) is 4.98 Å². The van der Waals surface area contributed by atoms with Crippen LogP contribution in [0.3, 0.4) is 0 Å². The second-order valence-corrected chi connectivity index (χ2v) is 6.93. The monoisotopic (exact) mass is 340 g/mol. The molecular weight excluding hydrogens is 328 g/mol. The number of aromatic nitrogens is 1. The first-order valence-electron chi connectivity index (χ1n) is 7.14. The van der Waals surface area contributed by atoms with Crippen LogP contribution < -0.4 is 5.32 Å². The molecule has 7 heteroatoms. The molecule has 1 aliphatic heterocycles. The predicted octanol–water partition coefficient (Wildman–Crippen LogP) is 2.91. The summed E-state index contributed by atoms with van der Waals surface area (Å²) in [7, 11) is -4.33. The van der Waals surface area contributed by atoms with Gasteiger partial charge in [-0.2, -0.15) is 8.42 Å². The molecule has 2 heterocycles. The number of H-pyrrole nitrogens is 1. The van der Waals surface area contributed by atoms with Gasteiger partial charge in [0.25, 0.3) is 16.0 Å². The summed E-state index contributed by atoms with van der Waals surface area (Å²) < 4.78 is 31.8. The SMILES string of the molecule is O=C1Nc2ccc(S(=O)(=O)O)cc2/C1=C/c1cc2ccccc2[nH]1. The van der Waals surface area contributed by atoms with Gasteiger partial charge >= 0.3 is 0 Å². The van der Waals surface area contributed by atoms with Gasteiger partial charge in [0.1, 0.15) is 0 Å². The number of benzene rings is 2. The first-order valence-corrected chi connectivity index (χ1v) is 8.58. The van der Waals surface area contributed by atoms with E-state index in [0.717, 1.165) is 16.6 Å². The molecule has 1 amide bonds. The number of hydrogen-bond acceptors (Lipinski definition) is 3. The Bertz CT molecular complexity index is 1090. The van der Waals surface area contributed by atoms with Gasteiger partial charge in [0, 0.05) is 22.5 Å². The molecule has 6 nitrogen and oxygen atoms in total. The van der Waals surface area contributed by atoms with Crippen LogP contribution in [-0.4, -0.2) is 23.9 Å². The average Bonchev–Trinajstić information content (AvgIpc) is 3.07. The van der Waals surface area contributed by atoms with E-state index in [9.17, 15) is 17.8 Å². The van der Waals surface area contributed by atoms with Crippen LogP contribution in [0.1, 0.15) is 11.3 Å². The fourth-order valence-corrected chi connectivity index (χ4v) is 3.31. The van der Waals surface area contributed by atoms with Gasteiger partial charge in [-0.15, -0.1) is 0 Å². The highest BCUT2D eigenvalue weighted by Crippen LogP contribution is 2.35. The average molecular weight is 340 g/mol. The van der Waals surface area contributed by atoms with E-state index in [-0.39, 0.29) is 10.8 Å². The van der Waals surface area contributed by atoms with Crippen LogP contribution >= 0.6 is 0 Å². The minimum atomic E-state index is -4.33. The van der Waals surface area contributed by atoms with Crippen molar-refractivity contribution >= 4 is 44.3 Å². The number of aromatic amines is 1.